The summed E-state index contributed by atoms with van der Waals surface area (Å²) >= 11 is 3.47. The van der Waals surface area contributed by atoms with Gasteiger partial charge in [-0.2, -0.15) is 0 Å². The number of benzene rings is 1. The number of nitrogens with one attached hydrogen (secondary N) is 1. The average molecular weight is 303 g/mol. The molecule has 0 atom stereocenters. The Balaban J connectivity index is 1.71. The molecular formula is C16H14FNS2. The lowest BCUT2D eigenvalue weighted by Gasteiger charge is -2.08. The molecule has 0 aliphatic rings. The van der Waals surface area contributed by atoms with Gasteiger partial charge in [0.1, 0.15) is 5.82 Å². The molecule has 0 spiro atoms. The Kier molecular flexibility index (Phi) is 3.85. The minimum Gasteiger partial charge on any atom is -0.380 e. The van der Waals surface area contributed by atoms with E-state index in [9.17, 15) is 4.39 Å². The molecule has 0 bridgehead atoms. The van der Waals surface area contributed by atoms with Crippen molar-refractivity contribution in [2.75, 3.05) is 5.32 Å². The molecule has 0 saturated heterocycles. The van der Waals surface area contributed by atoms with E-state index in [1.54, 1.807) is 35.7 Å². The van der Waals surface area contributed by atoms with Crippen LogP contribution in [0.4, 0.5) is 10.1 Å². The third-order valence-electron chi connectivity index (χ3n) is 3.18. The van der Waals surface area contributed by atoms with Crippen LogP contribution < -0.4 is 5.32 Å². The van der Waals surface area contributed by atoms with Gasteiger partial charge in [0.25, 0.3) is 0 Å². The highest BCUT2D eigenvalue weighted by atomic mass is 32.1. The fraction of sp³-hybridized carbons (Fsp3) is 0.125. The van der Waals surface area contributed by atoms with Crippen molar-refractivity contribution in [3.8, 4) is 10.4 Å². The van der Waals surface area contributed by atoms with Crippen molar-refractivity contribution in [3.63, 3.8) is 0 Å². The minimum atomic E-state index is -0.166. The minimum absolute atomic E-state index is 0.166. The zero-order valence-corrected chi connectivity index (χ0v) is 12.7. The normalized spacial score (nSPS) is 10.7. The summed E-state index contributed by atoms with van der Waals surface area (Å²) in [7, 11) is 0. The smallest absolute Gasteiger partial charge is 0.128 e. The van der Waals surface area contributed by atoms with Crippen LogP contribution in [0.25, 0.3) is 10.4 Å². The molecule has 0 saturated carbocycles. The number of halogens is 1. The summed E-state index contributed by atoms with van der Waals surface area (Å²) in [5, 5.41) is 7.55. The molecule has 1 N–H and O–H groups in total. The monoisotopic (exact) mass is 303 g/mol. The van der Waals surface area contributed by atoms with Crippen LogP contribution in [0.3, 0.4) is 0 Å². The highest BCUT2D eigenvalue weighted by Crippen LogP contribution is 2.29. The van der Waals surface area contributed by atoms with Crippen LogP contribution >= 0.6 is 22.7 Å². The molecule has 1 aromatic carbocycles. The number of anilines is 1. The van der Waals surface area contributed by atoms with Crippen molar-refractivity contribution in [2.24, 2.45) is 0 Å². The third kappa shape index (κ3) is 2.76. The van der Waals surface area contributed by atoms with Crippen LogP contribution in [0.2, 0.25) is 0 Å². The molecule has 0 aliphatic heterocycles. The zero-order valence-electron chi connectivity index (χ0n) is 11.0. The van der Waals surface area contributed by atoms with Gasteiger partial charge in [0.05, 0.1) is 0 Å². The molecule has 0 aliphatic carbocycles. The predicted molar refractivity (Wildman–Crippen MR) is 86.1 cm³/mol. The summed E-state index contributed by atoms with van der Waals surface area (Å²) in [6.45, 7) is 2.52. The standard InChI is InChI=1S/C16H14FNS2/c1-11-14(17)4-2-5-15(11)18-9-13-8-12(10-20-13)16-6-3-7-19-16/h2-8,10,18H,9H2,1H3. The summed E-state index contributed by atoms with van der Waals surface area (Å²) in [5.41, 5.74) is 2.79. The Morgan fingerprint density at radius 1 is 1.15 bits per heavy atom. The lowest BCUT2D eigenvalue weighted by atomic mass is 10.2. The largest absolute Gasteiger partial charge is 0.380 e. The van der Waals surface area contributed by atoms with Crippen molar-refractivity contribution >= 4 is 28.4 Å². The van der Waals surface area contributed by atoms with Gasteiger partial charge in [-0.05, 0) is 41.9 Å². The molecule has 1 nitrogen and oxygen atoms in total. The lowest BCUT2D eigenvalue weighted by Crippen LogP contribution is -2.00. The first kappa shape index (κ1) is 13.3. The third-order valence-corrected chi connectivity index (χ3v) is 5.04. The SMILES string of the molecule is Cc1c(F)cccc1NCc1cc(-c2cccs2)cs1. The van der Waals surface area contributed by atoms with Crippen molar-refractivity contribution < 1.29 is 4.39 Å². The van der Waals surface area contributed by atoms with Gasteiger partial charge in [-0.3, -0.25) is 0 Å². The van der Waals surface area contributed by atoms with Crippen LogP contribution in [0.1, 0.15) is 10.4 Å². The van der Waals surface area contributed by atoms with Crippen molar-refractivity contribution in [2.45, 2.75) is 13.5 Å². The first-order valence-electron chi connectivity index (χ1n) is 6.34. The predicted octanol–water partition coefficient (Wildman–Crippen LogP) is 5.54. The van der Waals surface area contributed by atoms with E-state index in [4.69, 9.17) is 0 Å². The van der Waals surface area contributed by atoms with Gasteiger partial charge in [0.15, 0.2) is 0 Å². The highest BCUT2D eigenvalue weighted by Gasteiger charge is 2.05. The summed E-state index contributed by atoms with van der Waals surface area (Å²) in [6.07, 6.45) is 0. The van der Waals surface area contributed by atoms with Gasteiger partial charge in [-0.25, -0.2) is 4.39 Å². The van der Waals surface area contributed by atoms with E-state index in [0.29, 0.717) is 5.56 Å². The van der Waals surface area contributed by atoms with Crippen LogP contribution in [-0.2, 0) is 6.54 Å². The molecule has 0 fully saturated rings. The molecule has 2 aromatic heterocycles. The first-order chi connectivity index (χ1) is 9.74. The quantitative estimate of drug-likeness (QED) is 0.667. The number of hydrogen-bond acceptors (Lipinski definition) is 3. The molecule has 3 rings (SSSR count). The second-order valence-electron chi connectivity index (χ2n) is 4.54. The molecule has 2 heterocycles. The fourth-order valence-corrected chi connectivity index (χ4v) is 3.64. The summed E-state index contributed by atoms with van der Waals surface area (Å²) in [6, 6.07) is 11.5. The van der Waals surface area contributed by atoms with Crippen LogP contribution in [0.15, 0.2) is 47.2 Å². The van der Waals surface area contributed by atoms with E-state index in [1.807, 2.05) is 6.07 Å². The Labute approximate surface area is 125 Å². The number of rotatable bonds is 4. The van der Waals surface area contributed by atoms with E-state index < -0.39 is 0 Å². The Morgan fingerprint density at radius 2 is 2.05 bits per heavy atom. The molecule has 4 heteroatoms. The van der Waals surface area contributed by atoms with E-state index in [2.05, 4.69) is 34.3 Å². The maximum absolute atomic E-state index is 13.5. The number of thiophene rings is 2. The summed E-state index contributed by atoms with van der Waals surface area (Å²) in [5.74, 6) is -0.166. The Hall–Kier alpha value is -1.65. The number of hydrogen-bond donors (Lipinski definition) is 1. The molecule has 3 aromatic rings. The second kappa shape index (κ2) is 5.77. The molecule has 20 heavy (non-hydrogen) atoms. The molecule has 0 amide bonds. The highest BCUT2D eigenvalue weighted by molar-refractivity contribution is 7.14. The van der Waals surface area contributed by atoms with Crippen molar-refractivity contribution in [1.29, 1.82) is 0 Å². The van der Waals surface area contributed by atoms with E-state index >= 15 is 0 Å². The molecular weight excluding hydrogens is 289 g/mol. The van der Waals surface area contributed by atoms with E-state index in [1.165, 1.54) is 21.4 Å². The molecule has 0 unspecified atom stereocenters. The van der Waals surface area contributed by atoms with Gasteiger partial charge in [-0.1, -0.05) is 12.1 Å². The lowest BCUT2D eigenvalue weighted by molar-refractivity contribution is 0.619. The van der Waals surface area contributed by atoms with Crippen LogP contribution in [-0.4, -0.2) is 0 Å². The summed E-state index contributed by atoms with van der Waals surface area (Å²) < 4.78 is 13.5. The molecule has 102 valence electrons. The van der Waals surface area contributed by atoms with E-state index in [-0.39, 0.29) is 5.82 Å². The van der Waals surface area contributed by atoms with Crippen molar-refractivity contribution in [3.05, 3.63) is 63.4 Å². The second-order valence-corrected chi connectivity index (χ2v) is 6.49. The van der Waals surface area contributed by atoms with Crippen LogP contribution in [0, 0.1) is 12.7 Å². The molecule has 0 radical (unpaired) electrons. The topological polar surface area (TPSA) is 12.0 Å². The van der Waals surface area contributed by atoms with Crippen LogP contribution in [0.5, 0.6) is 0 Å². The average Bonchev–Trinajstić information content (AvgIpc) is 3.10. The van der Waals surface area contributed by atoms with Gasteiger partial charge in [0, 0.05) is 33.1 Å². The van der Waals surface area contributed by atoms with Gasteiger partial charge >= 0.3 is 0 Å². The first-order valence-corrected chi connectivity index (χ1v) is 8.10. The zero-order chi connectivity index (χ0) is 13.9. The Bertz CT molecular complexity index is 701. The van der Waals surface area contributed by atoms with Gasteiger partial charge in [0.2, 0.25) is 0 Å². The van der Waals surface area contributed by atoms with Crippen molar-refractivity contribution in [1.82, 2.24) is 0 Å². The van der Waals surface area contributed by atoms with E-state index in [0.717, 1.165) is 12.2 Å². The Morgan fingerprint density at radius 3 is 2.85 bits per heavy atom. The van der Waals surface area contributed by atoms with Gasteiger partial charge < -0.3 is 5.32 Å². The maximum atomic E-state index is 13.5. The maximum Gasteiger partial charge on any atom is 0.128 e. The fourth-order valence-electron chi connectivity index (χ4n) is 2.03. The van der Waals surface area contributed by atoms with Gasteiger partial charge in [-0.15, -0.1) is 22.7 Å². The summed E-state index contributed by atoms with van der Waals surface area (Å²) in [4.78, 5) is 2.53.